The van der Waals surface area contributed by atoms with Crippen molar-refractivity contribution in [2.75, 3.05) is 13.2 Å². The van der Waals surface area contributed by atoms with Gasteiger partial charge in [-0.1, -0.05) is 0 Å². The summed E-state index contributed by atoms with van der Waals surface area (Å²) in [5, 5.41) is 5.65. The van der Waals surface area contributed by atoms with Crippen molar-refractivity contribution in [3.05, 3.63) is 0 Å². The Morgan fingerprint density at radius 3 is 2.05 bits per heavy atom. The molecule has 5 nitrogen and oxygen atoms in total. The third kappa shape index (κ3) is 10.5. The van der Waals surface area contributed by atoms with E-state index in [1.54, 1.807) is 0 Å². The van der Waals surface area contributed by atoms with Crippen molar-refractivity contribution >= 4 is 11.8 Å². The number of hydrogen-bond acceptors (Lipinski definition) is 3. The van der Waals surface area contributed by atoms with Crippen LogP contribution in [0.25, 0.3) is 0 Å². The van der Waals surface area contributed by atoms with E-state index in [9.17, 15) is 9.59 Å². The first-order valence-electron chi connectivity index (χ1n) is 6.71. The molecule has 0 aliphatic carbocycles. The van der Waals surface area contributed by atoms with Gasteiger partial charge in [-0.2, -0.15) is 0 Å². The highest BCUT2D eigenvalue weighted by Gasteiger charge is 2.22. The van der Waals surface area contributed by atoms with E-state index < -0.39 is 0 Å². The zero-order chi connectivity index (χ0) is 15.1. The maximum Gasteiger partial charge on any atom is 0.217 e. The molecule has 0 saturated heterocycles. The Labute approximate surface area is 116 Å². The first kappa shape index (κ1) is 17.9. The molecule has 0 rings (SSSR count). The van der Waals surface area contributed by atoms with E-state index in [-0.39, 0.29) is 23.0 Å². The topological polar surface area (TPSA) is 67.4 Å². The largest absolute Gasteiger partial charge is 0.375 e. The fraction of sp³-hybridized carbons (Fsp3) is 0.857. The molecule has 0 saturated carbocycles. The SMILES string of the molecule is CC(=O)NCCC(C)(C)OCCC(C)(C)NC(C)=O. The Balaban J connectivity index is 3.96. The molecule has 0 atom stereocenters. The molecule has 0 fully saturated rings. The summed E-state index contributed by atoms with van der Waals surface area (Å²) >= 11 is 0. The van der Waals surface area contributed by atoms with Gasteiger partial charge in [0.25, 0.3) is 0 Å². The van der Waals surface area contributed by atoms with Crippen LogP contribution in [-0.2, 0) is 14.3 Å². The lowest BCUT2D eigenvalue weighted by atomic mass is 10.0. The molecule has 19 heavy (non-hydrogen) atoms. The molecule has 2 amide bonds. The maximum absolute atomic E-state index is 11.0. The average molecular weight is 272 g/mol. The molecule has 0 aromatic rings. The minimum atomic E-state index is -0.283. The molecule has 0 aromatic heterocycles. The van der Waals surface area contributed by atoms with Gasteiger partial charge in [0.05, 0.1) is 5.60 Å². The van der Waals surface area contributed by atoms with Gasteiger partial charge in [0.1, 0.15) is 0 Å². The summed E-state index contributed by atoms with van der Waals surface area (Å²) in [6, 6.07) is 0. The van der Waals surface area contributed by atoms with Crippen molar-refractivity contribution in [2.45, 2.75) is 65.5 Å². The van der Waals surface area contributed by atoms with Crippen LogP contribution in [0.3, 0.4) is 0 Å². The second-order valence-electron chi connectivity index (χ2n) is 6.16. The Kier molecular flexibility index (Phi) is 7.05. The minimum Gasteiger partial charge on any atom is -0.375 e. The smallest absolute Gasteiger partial charge is 0.217 e. The third-order valence-corrected chi connectivity index (χ3v) is 2.84. The first-order valence-corrected chi connectivity index (χ1v) is 6.71. The molecule has 2 N–H and O–H groups in total. The quantitative estimate of drug-likeness (QED) is 0.705. The van der Waals surface area contributed by atoms with Crippen LogP contribution in [0, 0.1) is 0 Å². The standard InChI is InChI=1S/C14H28N2O3/c1-11(17)15-9-7-14(5,6)19-10-8-13(3,4)16-12(2)18/h7-10H2,1-6H3,(H,15,17)(H,16,18). The summed E-state index contributed by atoms with van der Waals surface area (Å²) in [5.41, 5.74) is -0.547. The Morgan fingerprint density at radius 1 is 1.00 bits per heavy atom. The fourth-order valence-electron chi connectivity index (χ4n) is 1.73. The first-order chi connectivity index (χ1) is 8.54. The Bertz CT molecular complexity index is 312. The zero-order valence-electron chi connectivity index (χ0n) is 13.1. The van der Waals surface area contributed by atoms with Crippen molar-refractivity contribution in [1.82, 2.24) is 10.6 Å². The fourth-order valence-corrected chi connectivity index (χ4v) is 1.73. The van der Waals surface area contributed by atoms with Crippen LogP contribution in [0.4, 0.5) is 0 Å². The van der Waals surface area contributed by atoms with Gasteiger partial charge < -0.3 is 15.4 Å². The van der Waals surface area contributed by atoms with Crippen LogP contribution in [0.2, 0.25) is 0 Å². The minimum absolute atomic E-state index is 0.0254. The molecular weight excluding hydrogens is 244 g/mol. The van der Waals surface area contributed by atoms with E-state index in [1.165, 1.54) is 13.8 Å². The molecule has 112 valence electrons. The highest BCUT2D eigenvalue weighted by Crippen LogP contribution is 2.16. The van der Waals surface area contributed by atoms with Crippen LogP contribution < -0.4 is 10.6 Å². The van der Waals surface area contributed by atoms with Crippen molar-refractivity contribution in [3.63, 3.8) is 0 Å². The summed E-state index contributed by atoms with van der Waals surface area (Å²) in [6.45, 7) is 12.1. The van der Waals surface area contributed by atoms with E-state index in [2.05, 4.69) is 10.6 Å². The number of ether oxygens (including phenoxy) is 1. The normalized spacial score (nSPS) is 12.1. The molecule has 0 radical (unpaired) electrons. The van der Waals surface area contributed by atoms with Gasteiger partial charge in [0.15, 0.2) is 0 Å². The lowest BCUT2D eigenvalue weighted by Gasteiger charge is -2.30. The van der Waals surface area contributed by atoms with Gasteiger partial charge in [-0.15, -0.1) is 0 Å². The summed E-state index contributed by atoms with van der Waals surface area (Å²) < 4.78 is 5.83. The Hall–Kier alpha value is -1.10. The predicted octanol–water partition coefficient (Wildman–Crippen LogP) is 1.61. The van der Waals surface area contributed by atoms with Crippen LogP contribution in [0.5, 0.6) is 0 Å². The summed E-state index contributed by atoms with van der Waals surface area (Å²) in [5.74, 6) is -0.0579. The van der Waals surface area contributed by atoms with Crippen LogP contribution in [-0.4, -0.2) is 36.1 Å². The predicted molar refractivity (Wildman–Crippen MR) is 75.8 cm³/mol. The van der Waals surface area contributed by atoms with Crippen molar-refractivity contribution < 1.29 is 14.3 Å². The molecule has 5 heteroatoms. The van der Waals surface area contributed by atoms with E-state index in [1.807, 2.05) is 27.7 Å². The lowest BCUT2D eigenvalue weighted by molar-refractivity contribution is -0.121. The molecular formula is C14H28N2O3. The molecule has 0 bridgehead atoms. The average Bonchev–Trinajstić information content (AvgIpc) is 2.12. The van der Waals surface area contributed by atoms with E-state index in [0.717, 1.165) is 12.8 Å². The Morgan fingerprint density at radius 2 is 1.58 bits per heavy atom. The van der Waals surface area contributed by atoms with Crippen LogP contribution in [0.1, 0.15) is 54.4 Å². The van der Waals surface area contributed by atoms with E-state index >= 15 is 0 Å². The van der Waals surface area contributed by atoms with Gasteiger partial charge in [0, 0.05) is 32.5 Å². The van der Waals surface area contributed by atoms with E-state index in [0.29, 0.717) is 13.2 Å². The number of amides is 2. The second kappa shape index (κ2) is 7.48. The van der Waals surface area contributed by atoms with Crippen LogP contribution >= 0.6 is 0 Å². The number of hydrogen-bond donors (Lipinski definition) is 2. The van der Waals surface area contributed by atoms with Crippen molar-refractivity contribution in [3.8, 4) is 0 Å². The molecule has 0 aliphatic rings. The monoisotopic (exact) mass is 272 g/mol. The highest BCUT2D eigenvalue weighted by atomic mass is 16.5. The third-order valence-electron chi connectivity index (χ3n) is 2.84. The molecule has 0 aromatic carbocycles. The van der Waals surface area contributed by atoms with Gasteiger partial charge in [0.2, 0.25) is 11.8 Å². The molecule has 0 unspecified atom stereocenters. The van der Waals surface area contributed by atoms with E-state index in [4.69, 9.17) is 4.74 Å². The maximum atomic E-state index is 11.0. The summed E-state index contributed by atoms with van der Waals surface area (Å²) in [7, 11) is 0. The molecule has 0 aliphatic heterocycles. The highest BCUT2D eigenvalue weighted by molar-refractivity contribution is 5.73. The molecule has 0 heterocycles. The van der Waals surface area contributed by atoms with Crippen molar-refractivity contribution in [2.24, 2.45) is 0 Å². The number of carbonyl (C=O) groups excluding carboxylic acids is 2. The number of carbonyl (C=O) groups is 2. The van der Waals surface area contributed by atoms with Gasteiger partial charge in [-0.25, -0.2) is 0 Å². The van der Waals surface area contributed by atoms with Crippen LogP contribution in [0.15, 0.2) is 0 Å². The van der Waals surface area contributed by atoms with Gasteiger partial charge in [-0.05, 0) is 40.5 Å². The second-order valence-corrected chi connectivity index (χ2v) is 6.16. The zero-order valence-corrected chi connectivity index (χ0v) is 13.1. The van der Waals surface area contributed by atoms with Gasteiger partial charge >= 0.3 is 0 Å². The number of rotatable bonds is 8. The summed E-state index contributed by atoms with van der Waals surface area (Å²) in [6.07, 6.45) is 1.50. The number of nitrogens with one attached hydrogen (secondary N) is 2. The molecule has 0 spiro atoms. The summed E-state index contributed by atoms with van der Waals surface area (Å²) in [4.78, 5) is 21.8. The van der Waals surface area contributed by atoms with Gasteiger partial charge in [-0.3, -0.25) is 9.59 Å². The van der Waals surface area contributed by atoms with Crippen molar-refractivity contribution in [1.29, 1.82) is 0 Å². The lowest BCUT2D eigenvalue weighted by Crippen LogP contribution is -2.43.